The van der Waals surface area contributed by atoms with Crippen LogP contribution in [0.2, 0.25) is 0 Å². The topological polar surface area (TPSA) is 57.7 Å². The third kappa shape index (κ3) is 4.23. The fourth-order valence-corrected chi connectivity index (χ4v) is 4.15. The van der Waals surface area contributed by atoms with Crippen LogP contribution in [0.5, 0.6) is 0 Å². The number of carbonyl (C=O) groups is 1. The van der Waals surface area contributed by atoms with Gasteiger partial charge in [-0.2, -0.15) is 0 Å². The van der Waals surface area contributed by atoms with E-state index in [9.17, 15) is 13.2 Å². The number of carbonyl (C=O) groups excluding carboxylic acids is 1. The van der Waals surface area contributed by atoms with Crippen LogP contribution in [0.1, 0.15) is 24.8 Å². The summed E-state index contributed by atoms with van der Waals surface area (Å²) in [6.45, 7) is 3.61. The second-order valence-corrected chi connectivity index (χ2v) is 8.43. The van der Waals surface area contributed by atoms with Crippen LogP contribution in [0, 0.1) is 6.92 Å². The van der Waals surface area contributed by atoms with Gasteiger partial charge in [-0.3, -0.25) is 9.10 Å². The number of hydrogen-bond donors (Lipinski definition) is 0. The molecule has 2 rings (SSSR count). The Hall–Kier alpha value is -1.08. The van der Waals surface area contributed by atoms with Crippen molar-refractivity contribution in [3.63, 3.8) is 0 Å². The molecule has 0 saturated carbocycles. The second-order valence-electron chi connectivity index (χ2n) is 5.60. The zero-order valence-corrected chi connectivity index (χ0v) is 15.3. The largest absolute Gasteiger partial charge is 0.343 e. The van der Waals surface area contributed by atoms with Crippen molar-refractivity contribution in [2.75, 3.05) is 30.2 Å². The zero-order valence-electron chi connectivity index (χ0n) is 12.9. The molecule has 22 heavy (non-hydrogen) atoms. The van der Waals surface area contributed by atoms with Gasteiger partial charge >= 0.3 is 0 Å². The number of benzene rings is 1. The van der Waals surface area contributed by atoms with Gasteiger partial charge in [0.15, 0.2) is 0 Å². The maximum Gasteiger partial charge on any atom is 0.232 e. The van der Waals surface area contributed by atoms with E-state index in [1.54, 1.807) is 6.07 Å². The zero-order chi connectivity index (χ0) is 16.3. The lowest BCUT2D eigenvalue weighted by molar-refractivity contribution is -0.129. The molecular weight excluding hydrogens is 368 g/mol. The van der Waals surface area contributed by atoms with Crippen molar-refractivity contribution in [2.45, 2.75) is 26.2 Å². The Bertz CT molecular complexity index is 655. The second kappa shape index (κ2) is 7.00. The van der Waals surface area contributed by atoms with Crippen molar-refractivity contribution in [3.8, 4) is 0 Å². The molecule has 5 nitrogen and oxygen atoms in total. The number of hydrogen-bond acceptors (Lipinski definition) is 3. The van der Waals surface area contributed by atoms with Gasteiger partial charge in [0, 0.05) is 30.5 Å². The van der Waals surface area contributed by atoms with Crippen LogP contribution < -0.4 is 4.31 Å². The predicted octanol–water partition coefficient (Wildman–Crippen LogP) is 2.54. The van der Waals surface area contributed by atoms with Crippen LogP contribution in [-0.2, 0) is 14.8 Å². The van der Waals surface area contributed by atoms with Crippen LogP contribution in [0.15, 0.2) is 22.7 Å². The molecule has 0 N–H and O–H groups in total. The molecule has 1 aliphatic rings. The molecule has 0 radical (unpaired) electrons. The first kappa shape index (κ1) is 17.3. The Balaban J connectivity index is 2.15. The van der Waals surface area contributed by atoms with Gasteiger partial charge in [-0.05, 0) is 43.5 Å². The third-order valence-corrected chi connectivity index (χ3v) is 5.49. The Kier molecular flexibility index (Phi) is 5.50. The van der Waals surface area contributed by atoms with E-state index in [1.807, 2.05) is 24.0 Å². The molecule has 122 valence electrons. The molecule has 0 aliphatic carbocycles. The van der Waals surface area contributed by atoms with Crippen molar-refractivity contribution in [1.82, 2.24) is 4.90 Å². The number of nitrogens with zero attached hydrogens (tertiary/aromatic N) is 2. The quantitative estimate of drug-likeness (QED) is 0.778. The van der Waals surface area contributed by atoms with Gasteiger partial charge < -0.3 is 4.90 Å². The fourth-order valence-electron chi connectivity index (χ4n) is 2.69. The SMILES string of the molecule is Cc1cc(Br)ccc1N(CCC(=O)N1CCCC1)S(C)(=O)=O. The number of rotatable bonds is 5. The molecule has 1 amide bonds. The first-order valence-corrected chi connectivity index (χ1v) is 9.95. The lowest BCUT2D eigenvalue weighted by Gasteiger charge is -2.25. The summed E-state index contributed by atoms with van der Waals surface area (Å²) in [5.74, 6) is 0.0286. The fraction of sp³-hybridized carbons (Fsp3) is 0.533. The number of likely N-dealkylation sites (tertiary alicyclic amines) is 1. The van der Waals surface area contributed by atoms with Crippen LogP contribution >= 0.6 is 15.9 Å². The van der Waals surface area contributed by atoms with Crippen molar-refractivity contribution >= 4 is 37.5 Å². The minimum atomic E-state index is -3.43. The first-order chi connectivity index (χ1) is 10.3. The molecule has 0 spiro atoms. The number of anilines is 1. The van der Waals surface area contributed by atoms with E-state index in [0.717, 1.165) is 36.0 Å². The highest BCUT2D eigenvalue weighted by molar-refractivity contribution is 9.10. The average Bonchev–Trinajstić information content (AvgIpc) is 2.93. The summed E-state index contributed by atoms with van der Waals surface area (Å²) in [4.78, 5) is 14.0. The van der Waals surface area contributed by atoms with E-state index in [4.69, 9.17) is 0 Å². The molecule has 0 atom stereocenters. The van der Waals surface area contributed by atoms with Crippen LogP contribution in [0.25, 0.3) is 0 Å². The van der Waals surface area contributed by atoms with E-state index in [0.29, 0.717) is 5.69 Å². The normalized spacial score (nSPS) is 15.1. The lowest BCUT2D eigenvalue weighted by atomic mass is 10.2. The maximum absolute atomic E-state index is 12.1. The average molecular weight is 389 g/mol. The van der Waals surface area contributed by atoms with Gasteiger partial charge in [0.05, 0.1) is 11.9 Å². The molecule has 0 unspecified atom stereocenters. The smallest absolute Gasteiger partial charge is 0.232 e. The van der Waals surface area contributed by atoms with E-state index >= 15 is 0 Å². The van der Waals surface area contributed by atoms with E-state index in [1.165, 1.54) is 10.6 Å². The van der Waals surface area contributed by atoms with Gasteiger partial charge in [0.2, 0.25) is 15.9 Å². The van der Waals surface area contributed by atoms with Gasteiger partial charge in [-0.1, -0.05) is 15.9 Å². The summed E-state index contributed by atoms with van der Waals surface area (Å²) in [6, 6.07) is 5.44. The highest BCUT2D eigenvalue weighted by Crippen LogP contribution is 2.26. The van der Waals surface area contributed by atoms with Crippen LogP contribution in [-0.4, -0.2) is 45.1 Å². The third-order valence-electron chi connectivity index (χ3n) is 3.82. The first-order valence-electron chi connectivity index (χ1n) is 7.30. The molecule has 1 fully saturated rings. The highest BCUT2D eigenvalue weighted by Gasteiger charge is 2.23. The summed E-state index contributed by atoms with van der Waals surface area (Å²) in [6.07, 6.45) is 3.46. The standard InChI is InChI=1S/C15H21BrN2O3S/c1-12-11-13(16)5-6-14(12)18(22(2,20)21)10-7-15(19)17-8-3-4-9-17/h5-6,11H,3-4,7-10H2,1-2H3. The maximum atomic E-state index is 12.1. The number of aryl methyl sites for hydroxylation is 1. The van der Waals surface area contributed by atoms with Gasteiger partial charge in [-0.15, -0.1) is 0 Å². The predicted molar refractivity (Wildman–Crippen MR) is 91.5 cm³/mol. The Morgan fingerprint density at radius 1 is 1.32 bits per heavy atom. The van der Waals surface area contributed by atoms with E-state index in [-0.39, 0.29) is 18.9 Å². The number of sulfonamides is 1. The van der Waals surface area contributed by atoms with Gasteiger partial charge in [0.1, 0.15) is 0 Å². The van der Waals surface area contributed by atoms with E-state index in [2.05, 4.69) is 15.9 Å². The molecule has 1 heterocycles. The van der Waals surface area contributed by atoms with Crippen molar-refractivity contribution in [1.29, 1.82) is 0 Å². The van der Waals surface area contributed by atoms with E-state index < -0.39 is 10.0 Å². The summed E-state index contributed by atoms with van der Waals surface area (Å²) in [5.41, 5.74) is 1.48. The Morgan fingerprint density at radius 3 is 2.50 bits per heavy atom. The minimum Gasteiger partial charge on any atom is -0.343 e. The van der Waals surface area contributed by atoms with Crippen molar-refractivity contribution < 1.29 is 13.2 Å². The minimum absolute atomic E-state index is 0.0286. The monoisotopic (exact) mass is 388 g/mol. The van der Waals surface area contributed by atoms with Crippen molar-refractivity contribution in [3.05, 3.63) is 28.2 Å². The summed E-state index contributed by atoms with van der Waals surface area (Å²) < 4.78 is 26.4. The van der Waals surface area contributed by atoms with Crippen LogP contribution in [0.4, 0.5) is 5.69 Å². The molecule has 1 aromatic rings. The van der Waals surface area contributed by atoms with Crippen molar-refractivity contribution in [2.24, 2.45) is 0 Å². The summed E-state index contributed by atoms with van der Waals surface area (Å²) in [7, 11) is -3.43. The van der Waals surface area contributed by atoms with Crippen LogP contribution in [0.3, 0.4) is 0 Å². The Morgan fingerprint density at radius 2 is 1.95 bits per heavy atom. The molecule has 1 saturated heterocycles. The van der Waals surface area contributed by atoms with Gasteiger partial charge in [0.25, 0.3) is 0 Å². The summed E-state index contributed by atoms with van der Waals surface area (Å²) in [5, 5.41) is 0. The Labute approximate surface area is 140 Å². The number of amides is 1. The molecule has 0 bridgehead atoms. The lowest BCUT2D eigenvalue weighted by Crippen LogP contribution is -2.36. The highest BCUT2D eigenvalue weighted by atomic mass is 79.9. The molecule has 1 aromatic carbocycles. The number of halogens is 1. The summed E-state index contributed by atoms with van der Waals surface area (Å²) >= 11 is 3.37. The molecular formula is C15H21BrN2O3S. The molecule has 7 heteroatoms. The molecule has 1 aliphatic heterocycles. The van der Waals surface area contributed by atoms with Gasteiger partial charge in [-0.25, -0.2) is 8.42 Å². The molecule has 0 aromatic heterocycles.